The van der Waals surface area contributed by atoms with E-state index in [1.54, 1.807) is 5.06 Å². The Morgan fingerprint density at radius 2 is 1.64 bits per heavy atom. The summed E-state index contributed by atoms with van der Waals surface area (Å²) in [5.41, 5.74) is 2.71. The van der Waals surface area contributed by atoms with Gasteiger partial charge in [-0.3, -0.25) is 19.2 Å². The molecule has 0 aromatic heterocycles. The van der Waals surface area contributed by atoms with Gasteiger partial charge in [-0.15, -0.1) is 0 Å². The second kappa shape index (κ2) is 17.1. The number of hydrogen-bond acceptors (Lipinski definition) is 10. The molecule has 10 atom stereocenters. The molecular weight excluding hydrogens is 751 g/mol. The molecule has 1 aromatic carbocycles. The summed E-state index contributed by atoms with van der Waals surface area (Å²) in [6.07, 6.45) is 13.6. The minimum absolute atomic E-state index is 0.0364. The summed E-state index contributed by atoms with van der Waals surface area (Å²) in [6.45, 7) is 11.8. The van der Waals surface area contributed by atoms with Crippen molar-refractivity contribution in [3.63, 3.8) is 0 Å². The van der Waals surface area contributed by atoms with Crippen molar-refractivity contribution >= 4 is 23.9 Å². The maximum absolute atomic E-state index is 14.6. The molecule has 59 heavy (non-hydrogen) atoms. The summed E-state index contributed by atoms with van der Waals surface area (Å²) in [6, 6.07) is 7.48. The van der Waals surface area contributed by atoms with Gasteiger partial charge in [-0.05, 0) is 80.2 Å². The molecule has 4 saturated heterocycles. The molecule has 0 spiro atoms. The number of unbranched alkanes of at least 4 members (excludes halogenated alkanes) is 4. The van der Waals surface area contributed by atoms with Crippen LogP contribution in [0.5, 0.6) is 0 Å². The SMILES string of the molecule is CCCCCC1(CCCCC)O[C@@H]2[C@H](O1)[C@H]1ON(Cc3ccc(C=C4CCC5O[C@]5(C)CC[C@@H]5[C@@H]4CC5(C)C)cc3)[C@H]3C(=O)O[C@@H]2C[C@@]13C(=O)NCCC(=O)NCCO. The summed E-state index contributed by atoms with van der Waals surface area (Å²) in [5.74, 6) is -0.718. The largest absolute Gasteiger partial charge is 0.458 e. The maximum atomic E-state index is 14.6. The van der Waals surface area contributed by atoms with Crippen molar-refractivity contribution in [2.75, 3.05) is 19.7 Å². The number of carbonyl (C=O) groups is 3. The number of rotatable bonds is 17. The zero-order chi connectivity index (χ0) is 41.6. The first-order valence-electron chi connectivity index (χ1n) is 23.0. The Kier molecular flexibility index (Phi) is 12.4. The van der Waals surface area contributed by atoms with Gasteiger partial charge in [0.1, 0.15) is 29.8 Å². The number of ether oxygens (including phenoxy) is 4. The van der Waals surface area contributed by atoms with E-state index >= 15 is 0 Å². The van der Waals surface area contributed by atoms with E-state index in [9.17, 15) is 14.4 Å². The number of carbonyl (C=O) groups excluding carboxylic acids is 3. The van der Waals surface area contributed by atoms with Gasteiger partial charge >= 0.3 is 5.97 Å². The van der Waals surface area contributed by atoms with Crippen molar-refractivity contribution in [3.05, 3.63) is 41.0 Å². The summed E-state index contributed by atoms with van der Waals surface area (Å²) in [7, 11) is 0. The third-order valence-electron chi connectivity index (χ3n) is 15.1. The quantitative estimate of drug-likeness (QED) is 0.0902. The number of esters is 1. The van der Waals surface area contributed by atoms with E-state index in [0.29, 0.717) is 23.4 Å². The molecule has 7 aliphatic rings. The molecule has 12 heteroatoms. The maximum Gasteiger partial charge on any atom is 0.327 e. The summed E-state index contributed by atoms with van der Waals surface area (Å²) in [4.78, 5) is 48.1. The van der Waals surface area contributed by atoms with Gasteiger partial charge in [0.2, 0.25) is 11.8 Å². The molecule has 2 amide bonds. The molecule has 12 nitrogen and oxygen atoms in total. The molecule has 3 saturated carbocycles. The Morgan fingerprint density at radius 1 is 0.915 bits per heavy atom. The number of benzene rings is 1. The van der Waals surface area contributed by atoms with E-state index in [2.05, 4.69) is 75.6 Å². The Morgan fingerprint density at radius 3 is 2.34 bits per heavy atom. The van der Waals surface area contributed by atoms with Crippen molar-refractivity contribution in [3.8, 4) is 0 Å². The standard InChI is InChI=1S/C47H69N3O9/c1-6-8-10-20-46(21-11-9-7-2)57-38-35-28-47(43(54)49-23-19-37(52)48-24-25-51)40(42(53)55-35)50(59-41(47)39(38)58-46)29-31-14-12-30(13-15-31)26-32-16-17-36-45(5,56-36)22-18-34-33(32)27-44(34,3)4/h12-15,26,33-36,38-41,51H,6-11,16-25,27-29H2,1-5H3,(H,48,52)(H,49,54)/t33-,34-,35-,36?,38+,39+,40+,41-,45-,47+/m1/s1. The molecule has 8 rings (SSSR count). The lowest BCUT2D eigenvalue weighted by atomic mass is 9.52. The minimum atomic E-state index is -1.31. The topological polar surface area (TPSA) is 148 Å². The second-order valence-corrected chi connectivity index (χ2v) is 19.7. The van der Waals surface area contributed by atoms with Gasteiger partial charge in [-0.1, -0.05) is 89.3 Å². The zero-order valence-corrected chi connectivity index (χ0v) is 36.1. The van der Waals surface area contributed by atoms with E-state index in [4.69, 9.17) is 28.9 Å². The number of fused-ring (bicyclic) bond motifs is 6. The van der Waals surface area contributed by atoms with Crippen LogP contribution in [0.2, 0.25) is 0 Å². The normalized spacial score (nSPS) is 36.8. The van der Waals surface area contributed by atoms with Gasteiger partial charge < -0.3 is 34.7 Å². The van der Waals surface area contributed by atoms with E-state index in [-0.39, 0.29) is 56.5 Å². The summed E-state index contributed by atoms with van der Waals surface area (Å²) in [5, 5.41) is 16.4. The van der Waals surface area contributed by atoms with Crippen LogP contribution in [0, 0.1) is 22.7 Å². The fraction of sp³-hybridized carbons (Fsp3) is 0.766. The summed E-state index contributed by atoms with van der Waals surface area (Å²) < 4.78 is 26.3. The molecule has 3 aliphatic carbocycles. The lowest BCUT2D eigenvalue weighted by Crippen LogP contribution is -2.69. The monoisotopic (exact) mass is 820 g/mol. The van der Waals surface area contributed by atoms with Crippen molar-refractivity contribution in [2.45, 2.75) is 185 Å². The van der Waals surface area contributed by atoms with Crippen LogP contribution in [0.15, 0.2) is 29.8 Å². The van der Waals surface area contributed by atoms with Crippen LogP contribution in [0.4, 0.5) is 0 Å². The lowest BCUT2D eigenvalue weighted by molar-refractivity contribution is -0.224. The molecule has 0 radical (unpaired) electrons. The van der Waals surface area contributed by atoms with Crippen LogP contribution in [0.25, 0.3) is 6.08 Å². The van der Waals surface area contributed by atoms with Crippen LogP contribution in [0.1, 0.15) is 142 Å². The highest BCUT2D eigenvalue weighted by Gasteiger charge is 2.76. The highest BCUT2D eigenvalue weighted by Crippen LogP contribution is 2.60. The molecule has 326 valence electrons. The fourth-order valence-electron chi connectivity index (χ4n) is 11.8. The molecule has 1 aromatic rings. The average molecular weight is 820 g/mol. The Balaban J connectivity index is 1.04. The van der Waals surface area contributed by atoms with Gasteiger partial charge in [0.05, 0.1) is 24.9 Å². The predicted molar refractivity (Wildman–Crippen MR) is 221 cm³/mol. The Hall–Kier alpha value is -2.87. The zero-order valence-electron chi connectivity index (χ0n) is 36.1. The third kappa shape index (κ3) is 8.28. The number of aliphatic hydroxyl groups excluding tert-OH is 1. The third-order valence-corrected chi connectivity index (χ3v) is 15.1. The average Bonchev–Trinajstić information content (AvgIpc) is 3.49. The van der Waals surface area contributed by atoms with Crippen molar-refractivity contribution in [1.29, 1.82) is 0 Å². The van der Waals surface area contributed by atoms with E-state index < -0.39 is 47.6 Å². The number of nitrogens with one attached hydrogen (secondary N) is 2. The first-order valence-corrected chi connectivity index (χ1v) is 23.0. The second-order valence-electron chi connectivity index (χ2n) is 19.7. The first kappa shape index (κ1) is 42.8. The van der Waals surface area contributed by atoms with Crippen LogP contribution >= 0.6 is 0 Å². The number of allylic oxidation sites excluding steroid dienone is 1. The van der Waals surface area contributed by atoms with Crippen LogP contribution in [0.3, 0.4) is 0 Å². The van der Waals surface area contributed by atoms with Gasteiger partial charge in [-0.2, -0.15) is 5.06 Å². The summed E-state index contributed by atoms with van der Waals surface area (Å²) >= 11 is 0. The van der Waals surface area contributed by atoms with Crippen molar-refractivity contribution in [1.82, 2.24) is 15.7 Å². The van der Waals surface area contributed by atoms with E-state index in [1.807, 2.05) is 0 Å². The predicted octanol–water partition coefficient (Wildman–Crippen LogP) is 6.52. The van der Waals surface area contributed by atoms with Gasteiger partial charge in [0.25, 0.3) is 0 Å². The molecule has 2 bridgehead atoms. The fourth-order valence-corrected chi connectivity index (χ4v) is 11.8. The lowest BCUT2D eigenvalue weighted by Gasteiger charge is -2.53. The number of amides is 2. The molecule has 7 fully saturated rings. The molecular formula is C47H69N3O9. The number of aliphatic hydroxyl groups is 1. The first-order chi connectivity index (χ1) is 28.3. The number of nitrogens with zero attached hydrogens (tertiary/aromatic N) is 1. The van der Waals surface area contributed by atoms with Crippen LogP contribution in [-0.2, 0) is 44.7 Å². The molecule has 4 heterocycles. The smallest absolute Gasteiger partial charge is 0.327 e. The van der Waals surface area contributed by atoms with Gasteiger partial charge in [-0.25, -0.2) is 0 Å². The van der Waals surface area contributed by atoms with Crippen molar-refractivity contribution < 1.29 is 43.3 Å². The van der Waals surface area contributed by atoms with Crippen LogP contribution in [-0.4, -0.2) is 95.6 Å². The van der Waals surface area contributed by atoms with E-state index in [0.717, 1.165) is 81.8 Å². The number of epoxide rings is 1. The highest BCUT2D eigenvalue weighted by molar-refractivity contribution is 5.94. The van der Waals surface area contributed by atoms with Crippen LogP contribution < -0.4 is 10.6 Å². The Bertz CT molecular complexity index is 1720. The van der Waals surface area contributed by atoms with E-state index in [1.165, 1.54) is 18.4 Å². The number of hydrogen-bond donors (Lipinski definition) is 3. The Labute approximate surface area is 350 Å². The highest BCUT2D eigenvalue weighted by atomic mass is 16.8. The minimum Gasteiger partial charge on any atom is -0.458 e. The van der Waals surface area contributed by atoms with Gasteiger partial charge in [0.15, 0.2) is 11.8 Å². The molecule has 1 unspecified atom stereocenters. The molecule has 4 aliphatic heterocycles. The molecule has 3 N–H and O–H groups in total. The number of hydroxylamine groups is 2. The van der Waals surface area contributed by atoms with Gasteiger partial charge in [0, 0.05) is 38.8 Å². The van der Waals surface area contributed by atoms with Crippen molar-refractivity contribution in [2.24, 2.45) is 22.7 Å².